The molecule has 1 aromatic rings. The van der Waals surface area contributed by atoms with Gasteiger partial charge in [-0.15, -0.1) is 0 Å². The molecule has 0 bridgehead atoms. The molecule has 20 heavy (non-hydrogen) atoms. The summed E-state index contributed by atoms with van der Waals surface area (Å²) in [6.45, 7) is 4.40. The Morgan fingerprint density at radius 3 is 2.60 bits per heavy atom. The molecule has 0 aliphatic carbocycles. The van der Waals surface area contributed by atoms with Gasteiger partial charge in [-0.1, -0.05) is 19.8 Å². The second-order valence-electron chi connectivity index (χ2n) is 4.99. The third-order valence-corrected chi connectivity index (χ3v) is 3.91. The number of unbranched alkanes of at least 4 members (excludes halogenated alkanes) is 3. The van der Waals surface area contributed by atoms with Crippen molar-refractivity contribution >= 4 is 15.9 Å². The van der Waals surface area contributed by atoms with Crippen LogP contribution >= 0.6 is 15.9 Å². The summed E-state index contributed by atoms with van der Waals surface area (Å²) in [4.78, 5) is 0. The molecule has 0 unspecified atom stereocenters. The smallest absolute Gasteiger partial charge is 0.141 e. The zero-order valence-electron chi connectivity index (χ0n) is 12.5. The van der Waals surface area contributed by atoms with E-state index in [0.717, 1.165) is 31.5 Å². The number of rotatable bonds is 10. The first-order chi connectivity index (χ1) is 9.69. The van der Waals surface area contributed by atoms with E-state index in [1.165, 1.54) is 31.7 Å². The summed E-state index contributed by atoms with van der Waals surface area (Å²) in [6, 6.07) is 3.28. The topological polar surface area (TPSA) is 21.3 Å². The van der Waals surface area contributed by atoms with E-state index < -0.39 is 0 Å². The average molecular weight is 346 g/mol. The lowest BCUT2D eigenvalue weighted by molar-refractivity contribution is 0.404. The first-order valence-electron chi connectivity index (χ1n) is 7.41. The Bertz CT molecular complexity index is 398. The molecule has 1 N–H and O–H groups in total. The number of nitrogens with one attached hydrogen (secondary N) is 1. The molecule has 114 valence electrons. The van der Waals surface area contributed by atoms with Gasteiger partial charge in [-0.05, 0) is 66.3 Å². The van der Waals surface area contributed by atoms with Crippen molar-refractivity contribution in [1.29, 1.82) is 0 Å². The van der Waals surface area contributed by atoms with E-state index >= 15 is 0 Å². The van der Waals surface area contributed by atoms with Gasteiger partial charge >= 0.3 is 0 Å². The molecular weight excluding hydrogens is 321 g/mol. The van der Waals surface area contributed by atoms with Gasteiger partial charge in [-0.3, -0.25) is 0 Å². The molecule has 0 amide bonds. The van der Waals surface area contributed by atoms with Crippen LogP contribution in [0.2, 0.25) is 0 Å². The molecule has 0 spiro atoms. The maximum Gasteiger partial charge on any atom is 0.141 e. The van der Waals surface area contributed by atoms with Gasteiger partial charge in [0.2, 0.25) is 0 Å². The number of methoxy groups -OCH3 is 1. The predicted molar refractivity (Wildman–Crippen MR) is 86.0 cm³/mol. The molecule has 4 heteroatoms. The van der Waals surface area contributed by atoms with E-state index in [-0.39, 0.29) is 5.82 Å². The van der Waals surface area contributed by atoms with Crippen molar-refractivity contribution in [2.75, 3.05) is 20.2 Å². The maximum absolute atomic E-state index is 13.4. The van der Waals surface area contributed by atoms with Crippen LogP contribution in [0.1, 0.15) is 44.6 Å². The molecular formula is C16H25BrFNO. The van der Waals surface area contributed by atoms with Crippen LogP contribution in [0, 0.1) is 5.82 Å². The average Bonchev–Trinajstić information content (AvgIpc) is 2.45. The highest BCUT2D eigenvalue weighted by Crippen LogP contribution is 2.27. The van der Waals surface area contributed by atoms with Crippen LogP contribution in [0.15, 0.2) is 16.6 Å². The SMILES string of the molecule is CCCNCCCCCCc1cc(Br)c(F)cc1OC. The minimum absolute atomic E-state index is 0.271. The Hall–Kier alpha value is -0.610. The standard InChI is InChI=1S/C16H25BrFNO/c1-3-9-19-10-7-5-4-6-8-13-11-14(17)15(18)12-16(13)20-2/h11-12,19H,3-10H2,1-2H3. The molecule has 0 radical (unpaired) electrons. The van der Waals surface area contributed by atoms with Gasteiger partial charge in [0, 0.05) is 6.07 Å². The molecule has 0 saturated carbocycles. The second-order valence-corrected chi connectivity index (χ2v) is 5.85. The summed E-state index contributed by atoms with van der Waals surface area (Å²) in [7, 11) is 1.59. The monoisotopic (exact) mass is 345 g/mol. The fourth-order valence-corrected chi connectivity index (χ4v) is 2.57. The Kier molecular flexibility index (Phi) is 8.86. The zero-order valence-corrected chi connectivity index (χ0v) is 14.1. The van der Waals surface area contributed by atoms with Gasteiger partial charge in [0.1, 0.15) is 11.6 Å². The summed E-state index contributed by atoms with van der Waals surface area (Å²) >= 11 is 3.23. The highest BCUT2D eigenvalue weighted by atomic mass is 79.9. The van der Waals surface area contributed by atoms with E-state index in [1.54, 1.807) is 7.11 Å². The van der Waals surface area contributed by atoms with Crippen LogP contribution < -0.4 is 10.1 Å². The fourth-order valence-electron chi connectivity index (χ4n) is 2.18. The van der Waals surface area contributed by atoms with Crippen molar-refractivity contribution in [1.82, 2.24) is 5.32 Å². The third-order valence-electron chi connectivity index (χ3n) is 3.30. The Morgan fingerprint density at radius 2 is 1.90 bits per heavy atom. The summed E-state index contributed by atoms with van der Waals surface area (Å²) in [5.74, 6) is 0.378. The van der Waals surface area contributed by atoms with Gasteiger partial charge < -0.3 is 10.1 Å². The number of ether oxygens (including phenoxy) is 1. The van der Waals surface area contributed by atoms with E-state index in [2.05, 4.69) is 28.2 Å². The molecule has 0 aliphatic heterocycles. The van der Waals surface area contributed by atoms with Gasteiger partial charge in [0.25, 0.3) is 0 Å². The lowest BCUT2D eigenvalue weighted by atomic mass is 10.0. The van der Waals surface area contributed by atoms with E-state index in [1.807, 2.05) is 6.07 Å². The van der Waals surface area contributed by atoms with Crippen LogP contribution in [0.5, 0.6) is 5.75 Å². The van der Waals surface area contributed by atoms with Crippen LogP contribution in [0.3, 0.4) is 0 Å². The number of hydrogen-bond acceptors (Lipinski definition) is 2. The Balaban J connectivity index is 2.26. The van der Waals surface area contributed by atoms with Crippen molar-refractivity contribution in [3.63, 3.8) is 0 Å². The molecule has 2 nitrogen and oxygen atoms in total. The van der Waals surface area contributed by atoms with Gasteiger partial charge in [-0.25, -0.2) is 4.39 Å². The minimum atomic E-state index is -0.271. The lowest BCUT2D eigenvalue weighted by Gasteiger charge is -2.10. The van der Waals surface area contributed by atoms with Crippen molar-refractivity contribution in [3.05, 3.63) is 28.0 Å². The normalized spacial score (nSPS) is 10.8. The molecule has 0 fully saturated rings. The Morgan fingerprint density at radius 1 is 1.15 bits per heavy atom. The predicted octanol–water partition coefficient (Wildman–Crippen LogP) is 4.70. The van der Waals surface area contributed by atoms with Crippen molar-refractivity contribution in [2.24, 2.45) is 0 Å². The fraction of sp³-hybridized carbons (Fsp3) is 0.625. The molecule has 0 saturated heterocycles. The first-order valence-corrected chi connectivity index (χ1v) is 8.21. The quantitative estimate of drug-likeness (QED) is 0.620. The van der Waals surface area contributed by atoms with Crippen LogP contribution in [-0.4, -0.2) is 20.2 Å². The molecule has 1 aromatic carbocycles. The van der Waals surface area contributed by atoms with E-state index in [4.69, 9.17) is 4.74 Å². The summed E-state index contributed by atoms with van der Waals surface area (Å²) in [5.41, 5.74) is 1.07. The van der Waals surface area contributed by atoms with Crippen molar-refractivity contribution in [2.45, 2.75) is 45.4 Å². The summed E-state index contributed by atoms with van der Waals surface area (Å²) in [6.07, 6.45) is 6.91. The van der Waals surface area contributed by atoms with Crippen LogP contribution in [0.25, 0.3) is 0 Å². The molecule has 0 aliphatic rings. The third kappa shape index (κ3) is 6.23. The van der Waals surface area contributed by atoms with E-state index in [9.17, 15) is 4.39 Å². The lowest BCUT2D eigenvalue weighted by Crippen LogP contribution is -2.15. The maximum atomic E-state index is 13.4. The van der Waals surface area contributed by atoms with Gasteiger partial charge in [0.15, 0.2) is 0 Å². The van der Waals surface area contributed by atoms with Gasteiger partial charge in [-0.2, -0.15) is 0 Å². The first kappa shape index (κ1) is 17.4. The molecule has 0 atom stereocenters. The van der Waals surface area contributed by atoms with E-state index in [0.29, 0.717) is 10.2 Å². The second kappa shape index (κ2) is 10.2. The highest BCUT2D eigenvalue weighted by Gasteiger charge is 2.08. The zero-order chi connectivity index (χ0) is 14.8. The number of aryl methyl sites for hydroxylation is 1. The van der Waals surface area contributed by atoms with Crippen LogP contribution in [0.4, 0.5) is 4.39 Å². The van der Waals surface area contributed by atoms with Gasteiger partial charge in [0.05, 0.1) is 11.6 Å². The molecule has 0 aromatic heterocycles. The van der Waals surface area contributed by atoms with Crippen molar-refractivity contribution in [3.8, 4) is 5.75 Å². The number of benzene rings is 1. The summed E-state index contributed by atoms with van der Waals surface area (Å²) < 4.78 is 19.1. The highest BCUT2D eigenvalue weighted by molar-refractivity contribution is 9.10. The molecule has 0 heterocycles. The molecule has 1 rings (SSSR count). The number of halogens is 2. The van der Waals surface area contributed by atoms with Crippen LogP contribution in [-0.2, 0) is 6.42 Å². The minimum Gasteiger partial charge on any atom is -0.496 e. The number of hydrogen-bond donors (Lipinski definition) is 1. The Labute approximate surface area is 130 Å². The largest absolute Gasteiger partial charge is 0.496 e. The van der Waals surface area contributed by atoms with Crippen molar-refractivity contribution < 1.29 is 9.13 Å². The summed E-state index contributed by atoms with van der Waals surface area (Å²) in [5, 5.41) is 3.41.